The van der Waals surface area contributed by atoms with E-state index in [0.29, 0.717) is 24.3 Å². The molecule has 0 spiro atoms. The second kappa shape index (κ2) is 9.24. The molecular weight excluding hydrogens is 312 g/mol. The highest BCUT2D eigenvalue weighted by molar-refractivity contribution is 5.85. The number of likely N-dealkylation sites (tertiary alicyclic amines) is 1. The average molecular weight is 345 g/mol. The lowest BCUT2D eigenvalue weighted by atomic mass is 9.98. The third-order valence-electron chi connectivity index (χ3n) is 5.99. The van der Waals surface area contributed by atoms with Crippen molar-refractivity contribution < 1.29 is 9.53 Å². The van der Waals surface area contributed by atoms with E-state index in [1.807, 2.05) is 4.90 Å². The lowest BCUT2D eigenvalue weighted by molar-refractivity contribution is -0.135. The van der Waals surface area contributed by atoms with Gasteiger partial charge in [-0.1, -0.05) is 19.3 Å². The molecular formula is C18H33ClN2O2. The molecule has 3 fully saturated rings. The van der Waals surface area contributed by atoms with Crippen molar-refractivity contribution in [1.29, 1.82) is 0 Å². The van der Waals surface area contributed by atoms with Crippen LogP contribution in [0.15, 0.2) is 0 Å². The quantitative estimate of drug-likeness (QED) is 0.833. The molecule has 0 radical (unpaired) electrons. The minimum absolute atomic E-state index is 0. The summed E-state index contributed by atoms with van der Waals surface area (Å²) in [5.74, 6) is 1.53. The number of piperidine rings is 1. The standard InChI is InChI=1S/C18H32N2O2.ClH/c19-17-7-3-6-15(17)12-18(21)20-10-8-16(9-11-20)22-13-14-4-1-2-5-14;/h14-17H,1-13,19H2;1H/t15-,17+;/m0./s1. The second-order valence-corrected chi connectivity index (χ2v) is 7.62. The maximum absolute atomic E-state index is 12.4. The lowest BCUT2D eigenvalue weighted by Gasteiger charge is -2.33. The van der Waals surface area contributed by atoms with Gasteiger partial charge in [0.15, 0.2) is 0 Å². The van der Waals surface area contributed by atoms with Crippen molar-refractivity contribution in [3.8, 4) is 0 Å². The van der Waals surface area contributed by atoms with Crippen molar-refractivity contribution in [2.45, 2.75) is 76.4 Å². The molecule has 2 aliphatic carbocycles. The molecule has 5 heteroatoms. The van der Waals surface area contributed by atoms with Crippen molar-refractivity contribution >= 4 is 18.3 Å². The van der Waals surface area contributed by atoms with Crippen LogP contribution in [-0.4, -0.2) is 42.6 Å². The summed E-state index contributed by atoms with van der Waals surface area (Å²) >= 11 is 0. The maximum atomic E-state index is 12.4. The first kappa shape index (κ1) is 19.0. The zero-order chi connectivity index (χ0) is 15.4. The Hall–Kier alpha value is -0.320. The van der Waals surface area contributed by atoms with E-state index in [1.165, 1.54) is 32.1 Å². The molecule has 0 aromatic heterocycles. The van der Waals surface area contributed by atoms with E-state index in [-0.39, 0.29) is 18.4 Å². The zero-order valence-electron chi connectivity index (χ0n) is 14.3. The molecule has 4 nitrogen and oxygen atoms in total. The van der Waals surface area contributed by atoms with Crippen LogP contribution in [0.25, 0.3) is 0 Å². The number of halogens is 1. The summed E-state index contributed by atoms with van der Waals surface area (Å²) in [4.78, 5) is 14.4. The topological polar surface area (TPSA) is 55.6 Å². The predicted octanol–water partition coefficient (Wildman–Crippen LogP) is 3.12. The Kier molecular flexibility index (Phi) is 7.64. The number of hydrogen-bond acceptors (Lipinski definition) is 3. The van der Waals surface area contributed by atoms with Crippen LogP contribution in [0.3, 0.4) is 0 Å². The lowest BCUT2D eigenvalue weighted by Crippen LogP contribution is -2.42. The number of rotatable bonds is 5. The van der Waals surface area contributed by atoms with Gasteiger partial charge in [0.2, 0.25) is 5.91 Å². The van der Waals surface area contributed by atoms with Crippen LogP contribution in [0.4, 0.5) is 0 Å². The Labute approximate surface area is 146 Å². The van der Waals surface area contributed by atoms with Crippen LogP contribution < -0.4 is 5.73 Å². The Bertz CT molecular complexity index is 366. The Balaban J connectivity index is 0.00000192. The molecule has 134 valence electrons. The highest BCUT2D eigenvalue weighted by Crippen LogP contribution is 2.29. The minimum atomic E-state index is 0. The first-order chi connectivity index (χ1) is 10.7. The summed E-state index contributed by atoms with van der Waals surface area (Å²) in [6.07, 6.45) is 11.9. The average Bonchev–Trinajstić information content (AvgIpc) is 3.18. The molecule has 3 aliphatic rings. The number of ether oxygens (including phenoxy) is 1. The molecule has 0 bridgehead atoms. The number of hydrogen-bond donors (Lipinski definition) is 1. The molecule has 1 heterocycles. The summed E-state index contributed by atoms with van der Waals surface area (Å²) in [6.45, 7) is 2.68. The molecule has 0 aromatic rings. The number of nitrogens with zero attached hydrogens (tertiary/aromatic N) is 1. The first-order valence-electron chi connectivity index (χ1n) is 9.37. The minimum Gasteiger partial charge on any atom is -0.378 e. The summed E-state index contributed by atoms with van der Waals surface area (Å²) < 4.78 is 6.09. The monoisotopic (exact) mass is 344 g/mol. The van der Waals surface area contributed by atoms with Crippen LogP contribution in [0, 0.1) is 11.8 Å². The van der Waals surface area contributed by atoms with Crippen LogP contribution in [0.2, 0.25) is 0 Å². The predicted molar refractivity (Wildman–Crippen MR) is 94.7 cm³/mol. The second-order valence-electron chi connectivity index (χ2n) is 7.62. The molecule has 2 atom stereocenters. The van der Waals surface area contributed by atoms with E-state index in [4.69, 9.17) is 10.5 Å². The molecule has 2 saturated carbocycles. The van der Waals surface area contributed by atoms with Crippen LogP contribution in [-0.2, 0) is 9.53 Å². The normalized spacial score (nSPS) is 29.7. The fraction of sp³-hybridized carbons (Fsp3) is 0.944. The molecule has 3 rings (SSSR count). The van der Waals surface area contributed by atoms with Gasteiger partial charge in [0.25, 0.3) is 0 Å². The molecule has 1 aliphatic heterocycles. The van der Waals surface area contributed by atoms with Crippen molar-refractivity contribution in [1.82, 2.24) is 4.90 Å². The maximum Gasteiger partial charge on any atom is 0.222 e. The summed E-state index contributed by atoms with van der Waals surface area (Å²) in [5.41, 5.74) is 6.09. The van der Waals surface area contributed by atoms with E-state index in [2.05, 4.69) is 0 Å². The van der Waals surface area contributed by atoms with E-state index in [1.54, 1.807) is 0 Å². The number of amides is 1. The SMILES string of the molecule is Cl.N[C@@H]1CCC[C@H]1CC(=O)N1CCC(OCC2CCCC2)CC1. The smallest absolute Gasteiger partial charge is 0.222 e. The van der Waals surface area contributed by atoms with Crippen molar-refractivity contribution in [2.75, 3.05) is 19.7 Å². The van der Waals surface area contributed by atoms with Crippen LogP contribution >= 0.6 is 12.4 Å². The van der Waals surface area contributed by atoms with E-state index in [0.717, 1.165) is 51.3 Å². The molecule has 2 N–H and O–H groups in total. The summed E-state index contributed by atoms with van der Waals surface area (Å²) in [7, 11) is 0. The molecule has 23 heavy (non-hydrogen) atoms. The first-order valence-corrected chi connectivity index (χ1v) is 9.37. The molecule has 0 aromatic carbocycles. The van der Waals surface area contributed by atoms with Gasteiger partial charge in [-0.3, -0.25) is 4.79 Å². The highest BCUT2D eigenvalue weighted by Gasteiger charge is 2.30. The molecule has 0 unspecified atom stereocenters. The van der Waals surface area contributed by atoms with E-state index in [9.17, 15) is 4.79 Å². The van der Waals surface area contributed by atoms with Crippen molar-refractivity contribution in [3.63, 3.8) is 0 Å². The third kappa shape index (κ3) is 5.33. The Morgan fingerprint density at radius 3 is 2.30 bits per heavy atom. The van der Waals surface area contributed by atoms with Gasteiger partial charge < -0.3 is 15.4 Å². The highest BCUT2D eigenvalue weighted by atomic mass is 35.5. The van der Waals surface area contributed by atoms with Gasteiger partial charge in [-0.25, -0.2) is 0 Å². The fourth-order valence-corrected chi connectivity index (χ4v) is 4.39. The Morgan fingerprint density at radius 1 is 1.00 bits per heavy atom. The number of nitrogens with two attached hydrogens (primary N) is 1. The number of carbonyl (C=O) groups is 1. The fourth-order valence-electron chi connectivity index (χ4n) is 4.39. The summed E-state index contributed by atoms with van der Waals surface area (Å²) in [5, 5.41) is 0. The van der Waals surface area contributed by atoms with E-state index >= 15 is 0 Å². The van der Waals surface area contributed by atoms with Crippen LogP contribution in [0.1, 0.15) is 64.2 Å². The van der Waals surface area contributed by atoms with Gasteiger partial charge in [-0.05, 0) is 50.4 Å². The molecule has 1 saturated heterocycles. The van der Waals surface area contributed by atoms with E-state index < -0.39 is 0 Å². The van der Waals surface area contributed by atoms with Crippen molar-refractivity contribution in [3.05, 3.63) is 0 Å². The molecule has 1 amide bonds. The third-order valence-corrected chi connectivity index (χ3v) is 5.99. The van der Waals surface area contributed by atoms with Gasteiger partial charge in [0.05, 0.1) is 6.10 Å². The van der Waals surface area contributed by atoms with Gasteiger partial charge in [0, 0.05) is 32.2 Å². The van der Waals surface area contributed by atoms with Crippen molar-refractivity contribution in [2.24, 2.45) is 17.6 Å². The van der Waals surface area contributed by atoms with Gasteiger partial charge in [0.1, 0.15) is 0 Å². The number of carbonyl (C=O) groups excluding carboxylic acids is 1. The largest absolute Gasteiger partial charge is 0.378 e. The van der Waals surface area contributed by atoms with Gasteiger partial charge in [-0.15, -0.1) is 12.4 Å². The Morgan fingerprint density at radius 2 is 1.70 bits per heavy atom. The summed E-state index contributed by atoms with van der Waals surface area (Å²) in [6, 6.07) is 0.247. The van der Waals surface area contributed by atoms with Gasteiger partial charge >= 0.3 is 0 Å². The van der Waals surface area contributed by atoms with Gasteiger partial charge in [-0.2, -0.15) is 0 Å². The zero-order valence-corrected chi connectivity index (χ0v) is 15.1. The van der Waals surface area contributed by atoms with Crippen LogP contribution in [0.5, 0.6) is 0 Å².